The molecule has 1 atom stereocenters. The Labute approximate surface area is 368 Å². The number of likely N-dealkylation sites (N-methyl/N-ethyl adjacent to an activating group) is 1. The van der Waals surface area contributed by atoms with E-state index in [0.717, 1.165) is 61.5 Å². The number of likely N-dealkylation sites (tertiary alicyclic amines) is 1. The average molecular weight is 885 g/mol. The summed E-state index contributed by atoms with van der Waals surface area (Å²) in [5.74, 6) is -0.108. The minimum atomic E-state index is -3.57. The number of para-hydroxylation sites is 1. The summed E-state index contributed by atoms with van der Waals surface area (Å²) in [6, 6.07) is 15.5. The topological polar surface area (TPSA) is 178 Å². The lowest BCUT2D eigenvalue weighted by Crippen LogP contribution is -2.51. The van der Waals surface area contributed by atoms with Crippen LogP contribution < -0.4 is 26.0 Å². The van der Waals surface area contributed by atoms with Crippen molar-refractivity contribution in [3.05, 3.63) is 100 Å². The molecule has 0 radical (unpaired) electrons. The van der Waals surface area contributed by atoms with Crippen LogP contribution in [0, 0.1) is 6.92 Å². The van der Waals surface area contributed by atoms with Crippen molar-refractivity contribution in [3.8, 4) is 5.75 Å². The monoisotopic (exact) mass is 883 g/mol. The second kappa shape index (κ2) is 18.8. The number of ether oxygens (including phenoxy) is 1. The van der Waals surface area contributed by atoms with Crippen molar-refractivity contribution in [3.63, 3.8) is 0 Å². The number of carbonyl (C=O) groups excluding carboxylic acids is 3. The molecule has 1 unspecified atom stereocenters. The predicted octanol–water partition coefficient (Wildman–Crippen LogP) is 6.56. The standard InChI is InChI=1S/C45H54ClN9O6S/c1-27(2)62(59,60)39-13-8-7-11-34(39)50-41-33(46)26-48-45(52-41)51-36-24-28(3)30(25-38(36)61-6)16-20-53(5)31-17-21-54(22-18-31)23-19-47-35-12-9-10-32-40(35)44(58)55(43(32)57)37-15-14-29(4)49-42(37)56/h7-13,24-27,31,37,47H,4,14-23H2,1-3,5-6H3,(H,49,56)(H2,48,50,51,52). The number of aromatic nitrogens is 2. The second-order valence-corrected chi connectivity index (χ2v) is 19.2. The molecule has 0 bridgehead atoms. The molecule has 3 aliphatic heterocycles. The molecule has 17 heteroatoms. The molecule has 0 saturated carbocycles. The van der Waals surface area contributed by atoms with E-state index < -0.39 is 32.9 Å². The first-order valence-electron chi connectivity index (χ1n) is 20.9. The van der Waals surface area contributed by atoms with Gasteiger partial charge in [-0.05, 0) is 121 Å². The van der Waals surface area contributed by atoms with Gasteiger partial charge in [-0.2, -0.15) is 4.98 Å². The van der Waals surface area contributed by atoms with Gasteiger partial charge in [-0.15, -0.1) is 0 Å². The average Bonchev–Trinajstić information content (AvgIpc) is 3.50. The van der Waals surface area contributed by atoms with Crippen molar-refractivity contribution in [2.75, 3.05) is 62.8 Å². The van der Waals surface area contributed by atoms with Gasteiger partial charge in [0.2, 0.25) is 11.9 Å². The van der Waals surface area contributed by atoms with Crippen molar-refractivity contribution in [2.24, 2.45) is 0 Å². The van der Waals surface area contributed by atoms with E-state index in [1.807, 2.05) is 18.2 Å². The number of fused-ring (bicyclic) bond motifs is 1. The van der Waals surface area contributed by atoms with Crippen LogP contribution >= 0.6 is 11.6 Å². The number of nitrogens with zero attached hydrogens (tertiary/aromatic N) is 5. The minimum Gasteiger partial charge on any atom is -0.495 e. The summed E-state index contributed by atoms with van der Waals surface area (Å²) in [4.78, 5) is 54.5. The van der Waals surface area contributed by atoms with Crippen LogP contribution in [-0.2, 0) is 21.1 Å². The van der Waals surface area contributed by atoms with Crippen molar-refractivity contribution >= 4 is 68.0 Å². The highest BCUT2D eigenvalue weighted by Crippen LogP contribution is 2.35. The lowest BCUT2D eigenvalue weighted by Gasteiger charge is -2.37. The fourth-order valence-electron chi connectivity index (χ4n) is 8.26. The molecule has 1 aromatic heterocycles. The molecule has 3 amide bonds. The number of allylic oxidation sites excluding steroid dienone is 1. The van der Waals surface area contributed by atoms with E-state index >= 15 is 0 Å². The van der Waals surface area contributed by atoms with Gasteiger partial charge in [-0.1, -0.05) is 36.4 Å². The Hall–Kier alpha value is -5.55. The Kier molecular flexibility index (Phi) is 13.5. The molecule has 4 N–H and O–H groups in total. The molecular weight excluding hydrogens is 830 g/mol. The smallest absolute Gasteiger partial charge is 0.264 e. The largest absolute Gasteiger partial charge is 0.495 e. The fourth-order valence-corrected chi connectivity index (χ4v) is 9.60. The van der Waals surface area contributed by atoms with E-state index in [2.05, 4.69) is 61.6 Å². The number of aryl methyl sites for hydroxylation is 1. The summed E-state index contributed by atoms with van der Waals surface area (Å²) in [5, 5.41) is 12.1. The lowest BCUT2D eigenvalue weighted by atomic mass is 10.0. The SMILES string of the molecule is C=C1CCC(N2C(=O)c3cccc(NCCN4CCC(N(C)CCc5cc(OC)c(Nc6ncc(Cl)c(Nc7ccccc7S(=O)(=O)C(C)C)n6)cc5C)CC4)c3C2=O)C(=O)N1. The van der Waals surface area contributed by atoms with Crippen molar-refractivity contribution in [1.29, 1.82) is 0 Å². The quantitative estimate of drug-likeness (QED) is 0.0892. The number of sulfone groups is 1. The third-order valence-electron chi connectivity index (χ3n) is 12.0. The Bertz CT molecular complexity index is 2490. The number of carbonyl (C=O) groups is 3. The van der Waals surface area contributed by atoms with E-state index in [0.29, 0.717) is 65.1 Å². The molecule has 7 rings (SSSR count). The summed E-state index contributed by atoms with van der Waals surface area (Å²) in [5.41, 5.74) is 5.14. The van der Waals surface area contributed by atoms with E-state index in [4.69, 9.17) is 16.3 Å². The molecule has 2 saturated heterocycles. The van der Waals surface area contributed by atoms with Gasteiger partial charge in [0.05, 0.1) is 46.0 Å². The van der Waals surface area contributed by atoms with Gasteiger partial charge in [-0.3, -0.25) is 19.3 Å². The van der Waals surface area contributed by atoms with Gasteiger partial charge >= 0.3 is 0 Å². The molecule has 328 valence electrons. The highest BCUT2D eigenvalue weighted by Gasteiger charge is 2.45. The van der Waals surface area contributed by atoms with Crippen LogP contribution in [0.4, 0.5) is 28.8 Å². The number of benzene rings is 3. The minimum absolute atomic E-state index is 0.161. The summed E-state index contributed by atoms with van der Waals surface area (Å²) in [6.07, 6.45) is 5.21. The molecule has 0 spiro atoms. The summed E-state index contributed by atoms with van der Waals surface area (Å²) < 4.78 is 31.9. The molecule has 4 heterocycles. The van der Waals surface area contributed by atoms with Crippen LogP contribution in [0.3, 0.4) is 0 Å². The highest BCUT2D eigenvalue weighted by atomic mass is 35.5. The number of imide groups is 1. The Morgan fingerprint density at radius 1 is 1.00 bits per heavy atom. The fraction of sp³-hybridized carbons (Fsp3) is 0.400. The Balaban J connectivity index is 0.903. The van der Waals surface area contributed by atoms with Gasteiger partial charge in [0, 0.05) is 37.1 Å². The molecule has 2 fully saturated rings. The van der Waals surface area contributed by atoms with Crippen LogP contribution in [0.2, 0.25) is 5.02 Å². The third kappa shape index (κ3) is 9.43. The van der Waals surface area contributed by atoms with E-state index in [9.17, 15) is 22.8 Å². The van der Waals surface area contributed by atoms with Crippen molar-refractivity contribution < 1.29 is 27.5 Å². The van der Waals surface area contributed by atoms with Gasteiger partial charge in [0.1, 0.15) is 16.8 Å². The molecule has 4 aromatic rings. The Morgan fingerprint density at radius 2 is 1.74 bits per heavy atom. The maximum atomic E-state index is 13.5. The zero-order valence-electron chi connectivity index (χ0n) is 35.8. The zero-order valence-corrected chi connectivity index (χ0v) is 37.3. The first-order valence-corrected chi connectivity index (χ1v) is 22.8. The number of hydrogen-bond donors (Lipinski definition) is 4. The number of methoxy groups -OCH3 is 1. The van der Waals surface area contributed by atoms with Crippen molar-refractivity contribution in [1.82, 2.24) is 30.0 Å². The first kappa shape index (κ1) is 44.5. The van der Waals surface area contributed by atoms with Gasteiger partial charge in [-0.25, -0.2) is 13.4 Å². The molecule has 3 aliphatic rings. The third-order valence-corrected chi connectivity index (χ3v) is 14.4. The van der Waals surface area contributed by atoms with Gasteiger partial charge < -0.3 is 35.8 Å². The summed E-state index contributed by atoms with van der Waals surface area (Å²) in [6.45, 7) is 13.3. The van der Waals surface area contributed by atoms with Gasteiger partial charge in [0.25, 0.3) is 11.8 Å². The number of amides is 3. The first-order chi connectivity index (χ1) is 29.7. The van der Waals surface area contributed by atoms with Crippen LogP contribution in [-0.4, -0.2) is 115 Å². The summed E-state index contributed by atoms with van der Waals surface area (Å²) in [7, 11) is 0.224. The zero-order chi connectivity index (χ0) is 44.3. The number of halogens is 1. The molecule has 62 heavy (non-hydrogen) atoms. The molecule has 3 aromatic carbocycles. The molecule has 15 nitrogen and oxygen atoms in total. The number of rotatable bonds is 16. The number of anilines is 5. The predicted molar refractivity (Wildman–Crippen MR) is 242 cm³/mol. The molecular formula is C45H54ClN9O6S. The number of nitrogens with one attached hydrogen (secondary N) is 4. The summed E-state index contributed by atoms with van der Waals surface area (Å²) >= 11 is 6.47. The van der Waals surface area contributed by atoms with Crippen LogP contribution in [0.15, 0.2) is 78.0 Å². The van der Waals surface area contributed by atoms with Crippen LogP contribution in [0.5, 0.6) is 5.75 Å². The second-order valence-electron chi connectivity index (χ2n) is 16.3. The van der Waals surface area contributed by atoms with Crippen LogP contribution in [0.25, 0.3) is 0 Å². The highest BCUT2D eigenvalue weighted by molar-refractivity contribution is 7.92. The Morgan fingerprint density at radius 3 is 2.47 bits per heavy atom. The number of piperidine rings is 2. The normalized spacial score (nSPS) is 17.4. The lowest BCUT2D eigenvalue weighted by molar-refractivity contribution is -0.125. The number of hydrogen-bond acceptors (Lipinski definition) is 13. The maximum Gasteiger partial charge on any atom is 0.264 e. The maximum absolute atomic E-state index is 13.5. The van der Waals surface area contributed by atoms with Crippen molar-refractivity contribution in [2.45, 2.75) is 75.1 Å². The molecule has 0 aliphatic carbocycles. The van der Waals surface area contributed by atoms with E-state index in [1.54, 1.807) is 57.4 Å². The van der Waals surface area contributed by atoms with Crippen LogP contribution in [0.1, 0.15) is 71.4 Å². The van der Waals surface area contributed by atoms with E-state index in [1.165, 1.54) is 6.20 Å². The van der Waals surface area contributed by atoms with E-state index in [-0.39, 0.29) is 27.6 Å². The van der Waals surface area contributed by atoms with Gasteiger partial charge in [0.15, 0.2) is 15.7 Å².